The van der Waals surface area contributed by atoms with Crippen LogP contribution in [0.5, 0.6) is 0 Å². The highest BCUT2D eigenvalue weighted by atomic mass is 16.5. The van der Waals surface area contributed by atoms with Crippen LogP contribution in [0, 0.1) is 18.8 Å². The van der Waals surface area contributed by atoms with E-state index in [0.717, 1.165) is 32.1 Å². The minimum absolute atomic E-state index is 0.178. The number of aliphatic imine (C=N–C) groups is 1. The summed E-state index contributed by atoms with van der Waals surface area (Å²) < 4.78 is 6.14. The number of piperidine rings is 1. The Bertz CT molecular complexity index is 601. The molecule has 5 nitrogen and oxygen atoms in total. The third-order valence-corrected chi connectivity index (χ3v) is 5.89. The van der Waals surface area contributed by atoms with Gasteiger partial charge in [-0.15, -0.1) is 0 Å². The van der Waals surface area contributed by atoms with Gasteiger partial charge in [-0.3, -0.25) is 4.99 Å². The van der Waals surface area contributed by atoms with Gasteiger partial charge >= 0.3 is 0 Å². The first-order chi connectivity index (χ1) is 13.2. The summed E-state index contributed by atoms with van der Waals surface area (Å²) in [7, 11) is 4.07. The van der Waals surface area contributed by atoms with E-state index in [-0.39, 0.29) is 6.10 Å². The molecule has 0 radical (unpaired) electrons. The van der Waals surface area contributed by atoms with Crippen LogP contribution < -0.4 is 10.6 Å². The van der Waals surface area contributed by atoms with Gasteiger partial charge in [0.1, 0.15) is 0 Å². The van der Waals surface area contributed by atoms with Gasteiger partial charge in [0.05, 0.1) is 6.10 Å². The van der Waals surface area contributed by atoms with Crippen LogP contribution in [-0.4, -0.2) is 57.7 Å². The highest BCUT2D eigenvalue weighted by Gasteiger charge is 2.27. The SMILES string of the molecule is CN=C(NCC1CCCN(C)C1)NCC1CCCOC1c1ccc(C)cc1. The van der Waals surface area contributed by atoms with Crippen molar-refractivity contribution in [2.24, 2.45) is 16.8 Å². The Hall–Kier alpha value is -1.59. The van der Waals surface area contributed by atoms with Crippen LogP contribution >= 0.6 is 0 Å². The van der Waals surface area contributed by atoms with Gasteiger partial charge in [0.15, 0.2) is 5.96 Å². The lowest BCUT2D eigenvalue weighted by molar-refractivity contribution is -0.0265. The fraction of sp³-hybridized carbons (Fsp3) is 0.682. The van der Waals surface area contributed by atoms with Crippen LogP contribution in [0.25, 0.3) is 0 Å². The molecule has 2 saturated heterocycles. The van der Waals surface area contributed by atoms with E-state index in [1.165, 1.54) is 43.5 Å². The molecule has 2 fully saturated rings. The molecule has 3 rings (SSSR count). The quantitative estimate of drug-likeness (QED) is 0.616. The number of nitrogens with one attached hydrogen (secondary N) is 2. The molecule has 0 spiro atoms. The second-order valence-electron chi connectivity index (χ2n) is 8.21. The van der Waals surface area contributed by atoms with Crippen LogP contribution in [0.3, 0.4) is 0 Å². The summed E-state index contributed by atoms with van der Waals surface area (Å²) in [6.45, 7) is 7.28. The van der Waals surface area contributed by atoms with Gasteiger partial charge in [-0.05, 0) is 57.7 Å². The Balaban J connectivity index is 1.50. The fourth-order valence-electron chi connectivity index (χ4n) is 4.31. The Kier molecular flexibility index (Phi) is 7.53. The number of ether oxygens (including phenoxy) is 1. The van der Waals surface area contributed by atoms with Crippen molar-refractivity contribution in [1.29, 1.82) is 0 Å². The molecule has 0 saturated carbocycles. The number of aryl methyl sites for hydroxylation is 1. The van der Waals surface area contributed by atoms with Gasteiger partial charge < -0.3 is 20.3 Å². The summed E-state index contributed by atoms with van der Waals surface area (Å²) in [5.41, 5.74) is 2.59. The van der Waals surface area contributed by atoms with Crippen molar-refractivity contribution >= 4 is 5.96 Å². The van der Waals surface area contributed by atoms with E-state index in [1.807, 2.05) is 7.05 Å². The molecular formula is C22H36N4O. The molecule has 5 heteroatoms. The molecule has 0 aliphatic carbocycles. The lowest BCUT2D eigenvalue weighted by Crippen LogP contribution is -2.45. The maximum absolute atomic E-state index is 6.14. The van der Waals surface area contributed by atoms with E-state index in [4.69, 9.17) is 4.74 Å². The second-order valence-corrected chi connectivity index (χ2v) is 8.21. The normalized spacial score (nSPS) is 27.4. The molecule has 2 aliphatic rings. The first kappa shape index (κ1) is 20.2. The van der Waals surface area contributed by atoms with Crippen LogP contribution in [0.15, 0.2) is 29.3 Å². The van der Waals surface area contributed by atoms with Crippen LogP contribution in [0.1, 0.15) is 42.9 Å². The summed E-state index contributed by atoms with van der Waals surface area (Å²) >= 11 is 0. The van der Waals surface area contributed by atoms with E-state index in [2.05, 4.69) is 58.8 Å². The molecule has 2 heterocycles. The molecule has 0 amide bonds. The largest absolute Gasteiger partial charge is 0.373 e. The van der Waals surface area contributed by atoms with Crippen LogP contribution in [-0.2, 0) is 4.74 Å². The Morgan fingerprint density at radius 1 is 1.15 bits per heavy atom. The minimum Gasteiger partial charge on any atom is -0.373 e. The predicted octanol–water partition coefficient (Wildman–Crippen LogP) is 2.97. The maximum Gasteiger partial charge on any atom is 0.190 e. The Morgan fingerprint density at radius 2 is 1.93 bits per heavy atom. The molecule has 150 valence electrons. The van der Waals surface area contributed by atoms with Crippen molar-refractivity contribution < 1.29 is 4.74 Å². The first-order valence-corrected chi connectivity index (χ1v) is 10.5. The van der Waals surface area contributed by atoms with Crippen molar-refractivity contribution in [1.82, 2.24) is 15.5 Å². The average molecular weight is 373 g/mol. The summed E-state index contributed by atoms with van der Waals surface area (Å²) in [6, 6.07) is 8.79. The van der Waals surface area contributed by atoms with E-state index >= 15 is 0 Å². The van der Waals surface area contributed by atoms with Crippen molar-refractivity contribution in [3.8, 4) is 0 Å². The first-order valence-electron chi connectivity index (χ1n) is 10.5. The second kappa shape index (κ2) is 10.1. The topological polar surface area (TPSA) is 48.9 Å². The average Bonchev–Trinajstić information content (AvgIpc) is 2.69. The summed E-state index contributed by atoms with van der Waals surface area (Å²) in [5, 5.41) is 7.08. The standard InChI is InChI=1S/C22H36N4O/c1-17-8-10-19(11-9-17)21-20(7-5-13-27-21)15-25-22(23-2)24-14-18-6-4-12-26(3)16-18/h8-11,18,20-21H,4-7,12-16H2,1-3H3,(H2,23,24,25). The Morgan fingerprint density at radius 3 is 2.67 bits per heavy atom. The zero-order valence-corrected chi connectivity index (χ0v) is 17.2. The van der Waals surface area contributed by atoms with Crippen LogP contribution in [0.4, 0.5) is 0 Å². The molecule has 3 unspecified atom stereocenters. The van der Waals surface area contributed by atoms with Crippen molar-refractivity contribution in [3.05, 3.63) is 35.4 Å². The molecule has 0 bridgehead atoms. The van der Waals surface area contributed by atoms with Crippen molar-refractivity contribution in [3.63, 3.8) is 0 Å². The van der Waals surface area contributed by atoms with E-state index in [0.29, 0.717) is 11.8 Å². The molecule has 3 atom stereocenters. The Labute approximate surface area is 164 Å². The minimum atomic E-state index is 0.178. The molecule has 1 aromatic carbocycles. The van der Waals surface area contributed by atoms with E-state index in [9.17, 15) is 0 Å². The van der Waals surface area contributed by atoms with Crippen LogP contribution in [0.2, 0.25) is 0 Å². The number of benzene rings is 1. The maximum atomic E-state index is 6.14. The smallest absolute Gasteiger partial charge is 0.190 e. The molecule has 2 aliphatic heterocycles. The van der Waals surface area contributed by atoms with Crippen molar-refractivity contribution in [2.75, 3.05) is 46.9 Å². The summed E-state index contributed by atoms with van der Waals surface area (Å²) in [5.74, 6) is 2.10. The van der Waals surface area contributed by atoms with E-state index in [1.54, 1.807) is 0 Å². The van der Waals surface area contributed by atoms with E-state index < -0.39 is 0 Å². The zero-order chi connectivity index (χ0) is 19.1. The van der Waals surface area contributed by atoms with Gasteiger partial charge in [-0.2, -0.15) is 0 Å². The lowest BCUT2D eigenvalue weighted by atomic mass is 9.89. The van der Waals surface area contributed by atoms with Gasteiger partial charge in [0.25, 0.3) is 0 Å². The number of likely N-dealkylation sites (tertiary alicyclic amines) is 1. The van der Waals surface area contributed by atoms with Crippen molar-refractivity contribution in [2.45, 2.75) is 38.7 Å². The van der Waals surface area contributed by atoms with Gasteiger partial charge in [0.2, 0.25) is 0 Å². The number of rotatable bonds is 5. The zero-order valence-electron chi connectivity index (χ0n) is 17.2. The third kappa shape index (κ3) is 5.94. The summed E-state index contributed by atoms with van der Waals surface area (Å²) in [6.07, 6.45) is 5.11. The number of guanidine groups is 1. The molecule has 27 heavy (non-hydrogen) atoms. The number of nitrogens with zero attached hydrogens (tertiary/aromatic N) is 2. The predicted molar refractivity (Wildman–Crippen MR) is 112 cm³/mol. The number of hydrogen-bond donors (Lipinski definition) is 2. The molecule has 1 aromatic rings. The highest BCUT2D eigenvalue weighted by Crippen LogP contribution is 2.33. The molecule has 0 aromatic heterocycles. The van der Waals surface area contributed by atoms with Gasteiger partial charge in [0, 0.05) is 39.2 Å². The summed E-state index contributed by atoms with van der Waals surface area (Å²) in [4.78, 5) is 6.85. The molecule has 2 N–H and O–H groups in total. The monoisotopic (exact) mass is 372 g/mol. The molecular weight excluding hydrogens is 336 g/mol. The fourth-order valence-corrected chi connectivity index (χ4v) is 4.31. The lowest BCUT2D eigenvalue weighted by Gasteiger charge is -2.33. The third-order valence-electron chi connectivity index (χ3n) is 5.89. The highest BCUT2D eigenvalue weighted by molar-refractivity contribution is 5.79. The van der Waals surface area contributed by atoms with Gasteiger partial charge in [-0.1, -0.05) is 29.8 Å². The number of hydrogen-bond acceptors (Lipinski definition) is 3. The van der Waals surface area contributed by atoms with Gasteiger partial charge in [-0.25, -0.2) is 0 Å².